The summed E-state index contributed by atoms with van der Waals surface area (Å²) in [6.45, 7) is 0.129. The lowest BCUT2D eigenvalue weighted by Crippen LogP contribution is -2.44. The molecule has 0 fully saturated rings. The van der Waals surface area contributed by atoms with Crippen molar-refractivity contribution in [2.24, 2.45) is 5.73 Å². The van der Waals surface area contributed by atoms with Crippen molar-refractivity contribution in [1.82, 2.24) is 0 Å². The number of carboxylic acid groups (broad SMARTS) is 1. The molecule has 0 heterocycles. The van der Waals surface area contributed by atoms with Crippen molar-refractivity contribution < 1.29 is 19.4 Å². The fraction of sp³-hybridized carbons (Fsp3) is 0.385. The van der Waals surface area contributed by atoms with Gasteiger partial charge in [0.1, 0.15) is 6.10 Å². The van der Waals surface area contributed by atoms with Gasteiger partial charge in [-0.2, -0.15) is 0 Å². The predicted molar refractivity (Wildman–Crippen MR) is 70.9 cm³/mol. The molecule has 0 aliphatic carbocycles. The quantitative estimate of drug-likeness (QED) is 0.748. The fourth-order valence-corrected chi connectivity index (χ4v) is 1.65. The Kier molecular flexibility index (Phi) is 5.98. The number of carbonyl (C=O) groups excluding carboxylic acids is 1. The summed E-state index contributed by atoms with van der Waals surface area (Å²) in [4.78, 5) is 24.3. The van der Waals surface area contributed by atoms with Gasteiger partial charge in [0.05, 0.1) is 6.42 Å². The molecule has 0 aliphatic rings. The normalized spacial score (nSPS) is 11.9. The summed E-state index contributed by atoms with van der Waals surface area (Å²) in [5.41, 5.74) is 6.10. The SMILES string of the molecule is COC(CN)C(=O)N(CCC(=O)O)c1ccccc1. The van der Waals surface area contributed by atoms with Gasteiger partial charge in [-0.05, 0) is 12.1 Å². The van der Waals surface area contributed by atoms with Gasteiger partial charge in [-0.1, -0.05) is 18.2 Å². The molecule has 3 N–H and O–H groups in total. The highest BCUT2D eigenvalue weighted by Crippen LogP contribution is 2.15. The van der Waals surface area contributed by atoms with Crippen LogP contribution in [0.15, 0.2) is 30.3 Å². The first kappa shape index (κ1) is 15.1. The highest BCUT2D eigenvalue weighted by Gasteiger charge is 2.24. The molecule has 0 saturated carbocycles. The first-order valence-corrected chi connectivity index (χ1v) is 5.91. The molecule has 104 valence electrons. The lowest BCUT2D eigenvalue weighted by atomic mass is 10.2. The van der Waals surface area contributed by atoms with Gasteiger partial charge in [-0.15, -0.1) is 0 Å². The van der Waals surface area contributed by atoms with E-state index < -0.39 is 12.1 Å². The lowest BCUT2D eigenvalue weighted by Gasteiger charge is -2.25. The first-order valence-electron chi connectivity index (χ1n) is 5.91. The summed E-state index contributed by atoms with van der Waals surface area (Å²) in [6.07, 6.45) is -0.907. The molecule has 1 rings (SSSR count). The van der Waals surface area contributed by atoms with Gasteiger partial charge >= 0.3 is 5.97 Å². The molecule has 1 aromatic rings. The van der Waals surface area contributed by atoms with Crippen LogP contribution in [0.3, 0.4) is 0 Å². The monoisotopic (exact) mass is 266 g/mol. The van der Waals surface area contributed by atoms with Crippen molar-refractivity contribution in [3.8, 4) is 0 Å². The third kappa shape index (κ3) is 4.35. The Balaban J connectivity index is 2.92. The van der Waals surface area contributed by atoms with Crippen LogP contribution in [0.5, 0.6) is 0 Å². The van der Waals surface area contributed by atoms with Gasteiger partial charge < -0.3 is 20.5 Å². The number of benzene rings is 1. The van der Waals surface area contributed by atoms with Crippen LogP contribution >= 0.6 is 0 Å². The highest BCUT2D eigenvalue weighted by atomic mass is 16.5. The van der Waals surface area contributed by atoms with E-state index >= 15 is 0 Å². The van der Waals surface area contributed by atoms with Gasteiger partial charge in [0, 0.05) is 25.9 Å². The van der Waals surface area contributed by atoms with E-state index in [-0.39, 0.29) is 25.4 Å². The van der Waals surface area contributed by atoms with E-state index in [4.69, 9.17) is 15.6 Å². The van der Waals surface area contributed by atoms with Crippen LogP contribution in [0, 0.1) is 0 Å². The molecular formula is C13H18N2O4. The summed E-state index contributed by atoms with van der Waals surface area (Å²) >= 11 is 0. The second kappa shape index (κ2) is 7.50. The maximum Gasteiger partial charge on any atom is 0.305 e. The number of hydrogen-bond acceptors (Lipinski definition) is 4. The molecule has 0 bridgehead atoms. The number of rotatable bonds is 7. The first-order chi connectivity index (χ1) is 9.10. The molecule has 0 aromatic heterocycles. The maximum absolute atomic E-state index is 12.2. The van der Waals surface area contributed by atoms with Crippen molar-refractivity contribution in [3.05, 3.63) is 30.3 Å². The number of amides is 1. The zero-order chi connectivity index (χ0) is 14.3. The molecule has 19 heavy (non-hydrogen) atoms. The highest BCUT2D eigenvalue weighted by molar-refractivity contribution is 5.97. The summed E-state index contributed by atoms with van der Waals surface area (Å²) in [6, 6.07) is 8.85. The molecular weight excluding hydrogens is 248 g/mol. The Morgan fingerprint density at radius 1 is 1.37 bits per heavy atom. The van der Waals surface area contributed by atoms with Crippen LogP contribution in [0.25, 0.3) is 0 Å². The number of methoxy groups -OCH3 is 1. The summed E-state index contributed by atoms with van der Waals surface area (Å²) in [7, 11) is 1.40. The van der Waals surface area contributed by atoms with Crippen LogP contribution in [-0.4, -0.2) is 43.3 Å². The maximum atomic E-state index is 12.2. The predicted octanol–water partition coefficient (Wildman–Crippen LogP) is 0.468. The van der Waals surface area contributed by atoms with Crippen molar-refractivity contribution in [2.45, 2.75) is 12.5 Å². The summed E-state index contributed by atoms with van der Waals surface area (Å²) in [5, 5.41) is 8.75. The number of ether oxygens (including phenoxy) is 1. The van der Waals surface area contributed by atoms with E-state index in [2.05, 4.69) is 0 Å². The van der Waals surface area contributed by atoms with Gasteiger partial charge in [0.2, 0.25) is 0 Å². The second-order valence-electron chi connectivity index (χ2n) is 3.93. The van der Waals surface area contributed by atoms with E-state index in [1.54, 1.807) is 24.3 Å². The average molecular weight is 266 g/mol. The minimum atomic E-state index is -0.963. The van der Waals surface area contributed by atoms with Gasteiger partial charge in [-0.3, -0.25) is 9.59 Å². The van der Waals surface area contributed by atoms with E-state index in [1.807, 2.05) is 6.07 Å². The number of carbonyl (C=O) groups is 2. The smallest absolute Gasteiger partial charge is 0.305 e. The Morgan fingerprint density at radius 2 is 2.00 bits per heavy atom. The van der Waals surface area contributed by atoms with Gasteiger partial charge in [0.15, 0.2) is 0 Å². The Bertz CT molecular complexity index is 418. The number of anilines is 1. The van der Waals surface area contributed by atoms with Crippen LogP contribution in [-0.2, 0) is 14.3 Å². The van der Waals surface area contributed by atoms with E-state index in [1.165, 1.54) is 12.0 Å². The summed E-state index contributed by atoms with van der Waals surface area (Å²) in [5.74, 6) is -1.30. The molecule has 1 unspecified atom stereocenters. The molecule has 0 aliphatic heterocycles. The van der Waals surface area contributed by atoms with E-state index in [0.717, 1.165) is 0 Å². The minimum absolute atomic E-state index is 0.0474. The van der Waals surface area contributed by atoms with Crippen LogP contribution in [0.4, 0.5) is 5.69 Å². The molecule has 6 nitrogen and oxygen atoms in total. The van der Waals surface area contributed by atoms with Gasteiger partial charge in [-0.25, -0.2) is 0 Å². The number of aliphatic carboxylic acids is 1. The number of nitrogens with two attached hydrogens (primary N) is 1. The van der Waals surface area contributed by atoms with Crippen molar-refractivity contribution >= 4 is 17.6 Å². The topological polar surface area (TPSA) is 92.9 Å². The van der Waals surface area contributed by atoms with E-state index in [9.17, 15) is 9.59 Å². The molecule has 0 radical (unpaired) electrons. The average Bonchev–Trinajstić information content (AvgIpc) is 2.41. The third-order valence-electron chi connectivity index (χ3n) is 2.66. The number of hydrogen-bond donors (Lipinski definition) is 2. The van der Waals surface area contributed by atoms with Crippen LogP contribution in [0.2, 0.25) is 0 Å². The Hall–Kier alpha value is -1.92. The molecule has 0 spiro atoms. The molecule has 1 aromatic carbocycles. The lowest BCUT2D eigenvalue weighted by molar-refractivity contribution is -0.136. The minimum Gasteiger partial charge on any atom is -0.481 e. The van der Waals surface area contributed by atoms with Gasteiger partial charge in [0.25, 0.3) is 5.91 Å². The Morgan fingerprint density at radius 3 is 2.47 bits per heavy atom. The number of para-hydroxylation sites is 1. The Labute approximate surface area is 111 Å². The molecule has 1 amide bonds. The zero-order valence-corrected chi connectivity index (χ0v) is 10.8. The van der Waals surface area contributed by atoms with Crippen LogP contribution in [0.1, 0.15) is 6.42 Å². The van der Waals surface area contributed by atoms with Crippen molar-refractivity contribution in [3.63, 3.8) is 0 Å². The second-order valence-corrected chi connectivity index (χ2v) is 3.93. The zero-order valence-electron chi connectivity index (χ0n) is 10.8. The fourth-order valence-electron chi connectivity index (χ4n) is 1.65. The molecule has 0 saturated heterocycles. The van der Waals surface area contributed by atoms with Crippen LogP contribution < -0.4 is 10.6 Å². The number of carboxylic acids is 1. The van der Waals surface area contributed by atoms with E-state index in [0.29, 0.717) is 5.69 Å². The number of nitrogens with zero attached hydrogens (tertiary/aromatic N) is 1. The van der Waals surface area contributed by atoms with Crippen molar-refractivity contribution in [2.75, 3.05) is 25.1 Å². The molecule has 1 atom stereocenters. The molecule has 6 heteroatoms. The third-order valence-corrected chi connectivity index (χ3v) is 2.66. The standard InChI is InChI=1S/C13H18N2O4/c1-19-11(9-14)13(18)15(8-7-12(16)17)10-5-3-2-4-6-10/h2-6,11H,7-9,14H2,1H3,(H,16,17). The summed E-state index contributed by atoms with van der Waals surface area (Å²) < 4.78 is 5.01. The van der Waals surface area contributed by atoms with Crippen molar-refractivity contribution in [1.29, 1.82) is 0 Å². The largest absolute Gasteiger partial charge is 0.481 e.